The molecule has 0 unspecified atom stereocenters. The summed E-state index contributed by atoms with van der Waals surface area (Å²) < 4.78 is 31.8. The first-order valence-electron chi connectivity index (χ1n) is 11.2. The molecular formula is C25H31F2N3O2. The first-order valence-corrected chi connectivity index (χ1v) is 11.2. The maximum atomic E-state index is 13.5. The fraction of sp³-hybridized carbons (Fsp3) is 0.480. The molecule has 32 heavy (non-hydrogen) atoms. The molecule has 2 aliphatic heterocycles. The van der Waals surface area contributed by atoms with Gasteiger partial charge in [0.1, 0.15) is 5.75 Å². The molecule has 0 saturated carbocycles. The quantitative estimate of drug-likeness (QED) is 0.729. The Kier molecular flexibility index (Phi) is 7.06. The number of halogens is 2. The van der Waals surface area contributed by atoms with Crippen LogP contribution in [0.3, 0.4) is 0 Å². The molecule has 0 bridgehead atoms. The van der Waals surface area contributed by atoms with E-state index >= 15 is 0 Å². The summed E-state index contributed by atoms with van der Waals surface area (Å²) in [5, 5.41) is 3.04. The Morgan fingerprint density at radius 1 is 1.09 bits per heavy atom. The van der Waals surface area contributed by atoms with Gasteiger partial charge in [-0.2, -0.15) is 0 Å². The van der Waals surface area contributed by atoms with Gasteiger partial charge in [0.05, 0.1) is 13.0 Å². The molecule has 0 aromatic heterocycles. The lowest BCUT2D eigenvalue weighted by molar-refractivity contribution is -0.119. The van der Waals surface area contributed by atoms with Gasteiger partial charge in [-0.25, -0.2) is 8.78 Å². The number of piperidine rings is 1. The van der Waals surface area contributed by atoms with E-state index in [4.69, 9.17) is 4.74 Å². The van der Waals surface area contributed by atoms with Gasteiger partial charge in [0, 0.05) is 24.8 Å². The fourth-order valence-electron chi connectivity index (χ4n) is 5.08. The third kappa shape index (κ3) is 5.27. The molecule has 1 N–H and O–H groups in total. The molecule has 0 aliphatic carbocycles. The number of carbonyl (C=O) groups is 1. The monoisotopic (exact) mass is 443 g/mol. The SMILES string of the molecule is COc1ccc(NC(=O)[C@H]2C[C@H](C3CCN(Cc4ccc(F)c(F)c4)CC3)N(C)C2)cc1. The number of methoxy groups -OCH3 is 1. The molecule has 0 radical (unpaired) electrons. The molecule has 7 heteroatoms. The van der Waals surface area contributed by atoms with Crippen LogP contribution in [0, 0.1) is 23.5 Å². The van der Waals surface area contributed by atoms with Gasteiger partial charge in [-0.1, -0.05) is 6.07 Å². The molecule has 2 aromatic rings. The molecule has 2 heterocycles. The van der Waals surface area contributed by atoms with Crippen LogP contribution in [0.25, 0.3) is 0 Å². The first kappa shape index (κ1) is 22.7. The summed E-state index contributed by atoms with van der Waals surface area (Å²) in [6.45, 7) is 3.26. The van der Waals surface area contributed by atoms with Crippen molar-refractivity contribution in [2.45, 2.75) is 31.8 Å². The highest BCUT2D eigenvalue weighted by Gasteiger charge is 2.39. The van der Waals surface area contributed by atoms with Crippen LogP contribution in [0.15, 0.2) is 42.5 Å². The van der Waals surface area contributed by atoms with Gasteiger partial charge in [-0.15, -0.1) is 0 Å². The summed E-state index contributed by atoms with van der Waals surface area (Å²) in [6.07, 6.45) is 2.96. The van der Waals surface area contributed by atoms with E-state index in [2.05, 4.69) is 22.2 Å². The number of likely N-dealkylation sites (tertiary alicyclic amines) is 2. The van der Waals surface area contributed by atoms with Crippen LogP contribution in [0.1, 0.15) is 24.8 Å². The third-order valence-electron chi connectivity index (χ3n) is 6.90. The number of hydrogen-bond donors (Lipinski definition) is 1. The van der Waals surface area contributed by atoms with Crippen molar-refractivity contribution in [3.8, 4) is 5.75 Å². The summed E-state index contributed by atoms with van der Waals surface area (Å²) in [6, 6.07) is 11.9. The second-order valence-electron chi connectivity index (χ2n) is 9.02. The zero-order chi connectivity index (χ0) is 22.7. The summed E-state index contributed by atoms with van der Waals surface area (Å²) in [7, 11) is 3.73. The molecule has 2 aliphatic rings. The van der Waals surface area contributed by atoms with Crippen molar-refractivity contribution in [3.05, 3.63) is 59.7 Å². The number of amides is 1. The summed E-state index contributed by atoms with van der Waals surface area (Å²) in [5.41, 5.74) is 1.59. The largest absolute Gasteiger partial charge is 0.497 e. The molecule has 2 saturated heterocycles. The van der Waals surface area contributed by atoms with E-state index in [9.17, 15) is 13.6 Å². The molecular weight excluding hydrogens is 412 g/mol. The Hall–Kier alpha value is -2.51. The second-order valence-corrected chi connectivity index (χ2v) is 9.02. The zero-order valence-corrected chi connectivity index (χ0v) is 18.7. The predicted molar refractivity (Wildman–Crippen MR) is 121 cm³/mol. The van der Waals surface area contributed by atoms with Gasteiger partial charge in [0.15, 0.2) is 11.6 Å². The molecule has 4 rings (SSSR count). The van der Waals surface area contributed by atoms with E-state index in [0.29, 0.717) is 18.5 Å². The lowest BCUT2D eigenvalue weighted by Crippen LogP contribution is -2.41. The lowest BCUT2D eigenvalue weighted by atomic mass is 9.86. The first-order chi connectivity index (χ1) is 15.4. The van der Waals surface area contributed by atoms with Crippen LogP contribution in [-0.4, -0.2) is 55.5 Å². The van der Waals surface area contributed by atoms with Crippen molar-refractivity contribution in [1.29, 1.82) is 0 Å². The number of rotatable bonds is 6. The molecule has 2 atom stereocenters. The third-order valence-corrected chi connectivity index (χ3v) is 6.90. The predicted octanol–water partition coefficient (Wildman–Crippen LogP) is 4.14. The maximum Gasteiger partial charge on any atom is 0.228 e. The zero-order valence-electron chi connectivity index (χ0n) is 18.7. The fourth-order valence-corrected chi connectivity index (χ4v) is 5.08. The number of nitrogens with one attached hydrogen (secondary N) is 1. The van der Waals surface area contributed by atoms with Gasteiger partial charge in [0.2, 0.25) is 5.91 Å². The van der Waals surface area contributed by atoms with E-state index in [-0.39, 0.29) is 11.8 Å². The molecule has 2 aromatic carbocycles. The standard InChI is InChI=1S/C25H31F2N3O2/c1-29-16-19(25(31)28-20-4-6-21(32-2)7-5-20)14-24(29)18-9-11-30(12-10-18)15-17-3-8-22(26)23(27)13-17/h3-8,13,18-19,24H,9-12,14-16H2,1-2H3,(H,28,31)/t19-,24+/m0/s1. The maximum absolute atomic E-state index is 13.5. The second kappa shape index (κ2) is 9.96. The average molecular weight is 444 g/mol. The molecule has 1 amide bonds. The number of anilines is 1. The van der Waals surface area contributed by atoms with E-state index < -0.39 is 11.6 Å². The van der Waals surface area contributed by atoms with Crippen molar-refractivity contribution in [2.24, 2.45) is 11.8 Å². The highest BCUT2D eigenvalue weighted by atomic mass is 19.2. The topological polar surface area (TPSA) is 44.8 Å². The highest BCUT2D eigenvalue weighted by molar-refractivity contribution is 5.93. The van der Waals surface area contributed by atoms with Gasteiger partial charge in [0.25, 0.3) is 0 Å². The number of benzene rings is 2. The van der Waals surface area contributed by atoms with Crippen LogP contribution in [0.4, 0.5) is 14.5 Å². The van der Waals surface area contributed by atoms with Gasteiger partial charge < -0.3 is 15.0 Å². The molecule has 172 valence electrons. The Labute approximate surface area is 188 Å². The summed E-state index contributed by atoms with van der Waals surface area (Å²) >= 11 is 0. The van der Waals surface area contributed by atoms with Gasteiger partial charge in [-0.3, -0.25) is 9.69 Å². The number of carbonyl (C=O) groups excluding carboxylic acids is 1. The Morgan fingerprint density at radius 2 is 1.81 bits per heavy atom. The molecule has 2 fully saturated rings. The molecule has 5 nitrogen and oxygen atoms in total. The van der Waals surface area contributed by atoms with E-state index in [1.807, 2.05) is 24.3 Å². The Bertz CT molecular complexity index is 929. The Morgan fingerprint density at radius 3 is 2.47 bits per heavy atom. The van der Waals surface area contributed by atoms with Crippen LogP contribution in [-0.2, 0) is 11.3 Å². The van der Waals surface area contributed by atoms with Crippen molar-refractivity contribution in [3.63, 3.8) is 0 Å². The minimum Gasteiger partial charge on any atom is -0.497 e. The van der Waals surface area contributed by atoms with Crippen LogP contribution in [0.2, 0.25) is 0 Å². The average Bonchev–Trinajstić information content (AvgIpc) is 3.19. The smallest absolute Gasteiger partial charge is 0.228 e. The minimum atomic E-state index is -0.803. The van der Waals surface area contributed by atoms with E-state index in [0.717, 1.165) is 55.9 Å². The Balaban J connectivity index is 1.27. The van der Waals surface area contributed by atoms with Crippen molar-refractivity contribution < 1.29 is 18.3 Å². The van der Waals surface area contributed by atoms with E-state index in [1.54, 1.807) is 13.2 Å². The van der Waals surface area contributed by atoms with Gasteiger partial charge >= 0.3 is 0 Å². The number of nitrogens with zero attached hydrogens (tertiary/aromatic N) is 2. The minimum absolute atomic E-state index is 0.0210. The van der Waals surface area contributed by atoms with Crippen LogP contribution < -0.4 is 10.1 Å². The van der Waals surface area contributed by atoms with Crippen molar-refractivity contribution in [1.82, 2.24) is 9.80 Å². The van der Waals surface area contributed by atoms with Crippen molar-refractivity contribution >= 4 is 11.6 Å². The molecule has 0 spiro atoms. The van der Waals surface area contributed by atoms with E-state index in [1.165, 1.54) is 12.1 Å². The normalized spacial score (nSPS) is 22.8. The highest BCUT2D eigenvalue weighted by Crippen LogP contribution is 2.34. The van der Waals surface area contributed by atoms with Crippen LogP contribution in [0.5, 0.6) is 5.75 Å². The van der Waals surface area contributed by atoms with Crippen molar-refractivity contribution in [2.75, 3.05) is 39.1 Å². The summed E-state index contributed by atoms with van der Waals surface area (Å²) in [4.78, 5) is 17.4. The lowest BCUT2D eigenvalue weighted by Gasteiger charge is -2.37. The summed E-state index contributed by atoms with van der Waals surface area (Å²) in [5.74, 6) is -0.238. The van der Waals surface area contributed by atoms with Gasteiger partial charge in [-0.05, 0) is 87.3 Å². The number of hydrogen-bond acceptors (Lipinski definition) is 4. The van der Waals surface area contributed by atoms with Crippen LogP contribution >= 0.6 is 0 Å². The number of ether oxygens (including phenoxy) is 1.